The summed E-state index contributed by atoms with van der Waals surface area (Å²) in [6.07, 6.45) is 7.68. The van der Waals surface area contributed by atoms with E-state index in [0.717, 1.165) is 6.54 Å². The van der Waals surface area contributed by atoms with Gasteiger partial charge in [0.05, 0.1) is 11.7 Å². The lowest BCUT2D eigenvalue weighted by molar-refractivity contribution is 0.403. The van der Waals surface area contributed by atoms with E-state index >= 15 is 0 Å². The Labute approximate surface area is 84.3 Å². The van der Waals surface area contributed by atoms with Crippen molar-refractivity contribution in [2.75, 3.05) is 6.54 Å². The normalized spacial score (nSPS) is 26.4. The molecule has 2 aliphatic rings. The van der Waals surface area contributed by atoms with Gasteiger partial charge in [-0.05, 0) is 44.2 Å². The number of hydrogen-bond acceptors (Lipinski definition) is 2. The van der Waals surface area contributed by atoms with Crippen molar-refractivity contribution in [2.45, 2.75) is 44.6 Å². The molecule has 0 amide bonds. The first-order valence-electron chi connectivity index (χ1n) is 5.74. The fourth-order valence-corrected chi connectivity index (χ4v) is 2.72. The lowest BCUT2D eigenvalue weighted by Crippen LogP contribution is -2.27. The third-order valence-corrected chi connectivity index (χ3v) is 3.48. The van der Waals surface area contributed by atoms with E-state index in [0.29, 0.717) is 6.04 Å². The van der Waals surface area contributed by atoms with Gasteiger partial charge in [-0.25, -0.2) is 0 Å². The zero-order chi connectivity index (χ0) is 9.38. The zero-order valence-electron chi connectivity index (χ0n) is 8.47. The molecule has 3 nitrogen and oxygen atoms in total. The average molecular weight is 191 g/mol. The number of aromatic nitrogens is 2. The van der Waals surface area contributed by atoms with E-state index in [9.17, 15) is 0 Å². The van der Waals surface area contributed by atoms with E-state index in [-0.39, 0.29) is 0 Å². The van der Waals surface area contributed by atoms with Gasteiger partial charge < -0.3 is 5.32 Å². The summed E-state index contributed by atoms with van der Waals surface area (Å²) in [4.78, 5) is 0. The van der Waals surface area contributed by atoms with Crippen molar-refractivity contribution >= 4 is 0 Å². The van der Waals surface area contributed by atoms with Crippen LogP contribution in [0.15, 0.2) is 0 Å². The Bertz CT molecular complexity index is 323. The fraction of sp³-hybridized carbons (Fsp3) is 0.727. The molecule has 1 aliphatic carbocycles. The van der Waals surface area contributed by atoms with Gasteiger partial charge in [0.2, 0.25) is 0 Å². The molecule has 0 bridgehead atoms. The van der Waals surface area contributed by atoms with Crippen LogP contribution >= 0.6 is 0 Å². The van der Waals surface area contributed by atoms with Crippen LogP contribution in [0.3, 0.4) is 0 Å². The molecule has 1 saturated heterocycles. The number of H-pyrrole nitrogens is 1. The van der Waals surface area contributed by atoms with Crippen LogP contribution in [-0.4, -0.2) is 16.7 Å². The number of rotatable bonds is 1. The summed E-state index contributed by atoms with van der Waals surface area (Å²) in [5.41, 5.74) is 4.23. The maximum Gasteiger partial charge on any atom is 0.0826 e. The highest BCUT2D eigenvalue weighted by Gasteiger charge is 2.25. The third-order valence-electron chi connectivity index (χ3n) is 3.48. The monoisotopic (exact) mass is 191 g/mol. The van der Waals surface area contributed by atoms with Crippen LogP contribution in [-0.2, 0) is 12.8 Å². The lowest BCUT2D eigenvalue weighted by atomic mass is 9.99. The summed E-state index contributed by atoms with van der Waals surface area (Å²) in [7, 11) is 0. The maximum atomic E-state index is 4.47. The Kier molecular flexibility index (Phi) is 2.05. The van der Waals surface area contributed by atoms with Crippen molar-refractivity contribution in [3.63, 3.8) is 0 Å². The molecule has 1 fully saturated rings. The number of fused-ring (bicyclic) bond motifs is 1. The highest BCUT2D eigenvalue weighted by Crippen LogP contribution is 2.30. The molecule has 2 heterocycles. The molecular weight excluding hydrogens is 174 g/mol. The predicted octanol–water partition coefficient (Wildman–Crippen LogP) is 1.71. The van der Waals surface area contributed by atoms with Crippen LogP contribution in [0.25, 0.3) is 0 Å². The van der Waals surface area contributed by atoms with Crippen LogP contribution in [0.4, 0.5) is 0 Å². The maximum absolute atomic E-state index is 4.47. The van der Waals surface area contributed by atoms with Gasteiger partial charge in [0, 0.05) is 5.69 Å². The molecule has 1 aromatic heterocycles. The van der Waals surface area contributed by atoms with Gasteiger partial charge in [-0.1, -0.05) is 6.42 Å². The molecule has 0 aromatic carbocycles. The number of nitrogens with zero attached hydrogens (tertiary/aromatic N) is 1. The molecule has 0 unspecified atom stereocenters. The molecule has 1 aliphatic heterocycles. The number of piperidine rings is 1. The summed E-state index contributed by atoms with van der Waals surface area (Å²) in [6, 6.07) is 0.529. The molecule has 76 valence electrons. The second kappa shape index (κ2) is 3.39. The first-order chi connectivity index (χ1) is 6.95. The molecule has 0 radical (unpaired) electrons. The number of aromatic amines is 1. The molecule has 14 heavy (non-hydrogen) atoms. The van der Waals surface area contributed by atoms with Gasteiger partial charge in [0.25, 0.3) is 0 Å². The summed E-state index contributed by atoms with van der Waals surface area (Å²) >= 11 is 0. The molecule has 3 rings (SSSR count). The minimum atomic E-state index is 0.529. The van der Waals surface area contributed by atoms with E-state index in [2.05, 4.69) is 15.5 Å². The van der Waals surface area contributed by atoms with Crippen molar-refractivity contribution < 1.29 is 0 Å². The predicted molar refractivity (Wildman–Crippen MR) is 55.2 cm³/mol. The molecule has 0 saturated carbocycles. The van der Waals surface area contributed by atoms with Crippen LogP contribution in [0.5, 0.6) is 0 Å². The quantitative estimate of drug-likeness (QED) is 0.709. The van der Waals surface area contributed by atoms with Crippen LogP contribution < -0.4 is 5.32 Å². The highest BCUT2D eigenvalue weighted by atomic mass is 15.1. The Hall–Kier alpha value is -0.830. The number of nitrogens with one attached hydrogen (secondary N) is 2. The molecule has 2 N–H and O–H groups in total. The standard InChI is InChI=1S/C11H17N3/c1-2-7-12-10(5-1)11-8-4-3-6-9(8)13-14-11/h10,12H,1-7H2,(H,13,14)/t10-/m1/s1. The summed E-state index contributed by atoms with van der Waals surface area (Å²) in [6.45, 7) is 1.16. The average Bonchev–Trinajstić information content (AvgIpc) is 2.79. The summed E-state index contributed by atoms with van der Waals surface area (Å²) in [5.74, 6) is 0. The van der Waals surface area contributed by atoms with E-state index in [4.69, 9.17) is 0 Å². The van der Waals surface area contributed by atoms with Crippen molar-refractivity contribution in [3.05, 3.63) is 17.0 Å². The van der Waals surface area contributed by atoms with Gasteiger partial charge in [0.1, 0.15) is 0 Å². The summed E-state index contributed by atoms with van der Waals surface area (Å²) < 4.78 is 0. The van der Waals surface area contributed by atoms with Crippen LogP contribution in [0.2, 0.25) is 0 Å². The van der Waals surface area contributed by atoms with Gasteiger partial charge >= 0.3 is 0 Å². The Balaban J connectivity index is 1.88. The van der Waals surface area contributed by atoms with Crippen molar-refractivity contribution in [1.29, 1.82) is 0 Å². The Morgan fingerprint density at radius 2 is 2.14 bits per heavy atom. The lowest BCUT2D eigenvalue weighted by Gasteiger charge is -2.22. The zero-order valence-corrected chi connectivity index (χ0v) is 8.47. The molecular formula is C11H17N3. The minimum absolute atomic E-state index is 0.529. The van der Waals surface area contributed by atoms with E-state index in [1.807, 2.05) is 0 Å². The smallest absolute Gasteiger partial charge is 0.0826 e. The SMILES string of the molecule is C1CC[C@H](c2n[nH]c3c2CCC3)NC1. The largest absolute Gasteiger partial charge is 0.309 e. The fourth-order valence-electron chi connectivity index (χ4n) is 2.72. The first kappa shape index (κ1) is 8.48. The number of hydrogen-bond donors (Lipinski definition) is 2. The Morgan fingerprint density at radius 3 is 3.00 bits per heavy atom. The molecule has 1 aromatic rings. The van der Waals surface area contributed by atoms with E-state index in [1.165, 1.54) is 55.5 Å². The topological polar surface area (TPSA) is 40.7 Å². The van der Waals surface area contributed by atoms with Crippen LogP contribution in [0, 0.1) is 0 Å². The van der Waals surface area contributed by atoms with Gasteiger partial charge in [-0.2, -0.15) is 5.10 Å². The second-order valence-electron chi connectivity index (χ2n) is 4.42. The molecule has 3 heteroatoms. The molecule has 0 spiro atoms. The second-order valence-corrected chi connectivity index (χ2v) is 4.42. The van der Waals surface area contributed by atoms with Crippen molar-refractivity contribution in [2.24, 2.45) is 0 Å². The Morgan fingerprint density at radius 1 is 1.14 bits per heavy atom. The van der Waals surface area contributed by atoms with E-state index < -0.39 is 0 Å². The van der Waals surface area contributed by atoms with Gasteiger partial charge in [-0.3, -0.25) is 5.10 Å². The van der Waals surface area contributed by atoms with E-state index in [1.54, 1.807) is 0 Å². The van der Waals surface area contributed by atoms with Crippen molar-refractivity contribution in [1.82, 2.24) is 15.5 Å². The van der Waals surface area contributed by atoms with Crippen LogP contribution in [0.1, 0.15) is 48.7 Å². The minimum Gasteiger partial charge on any atom is -0.309 e. The highest BCUT2D eigenvalue weighted by molar-refractivity contribution is 5.31. The first-order valence-corrected chi connectivity index (χ1v) is 5.74. The summed E-state index contributed by atoms with van der Waals surface area (Å²) in [5, 5.41) is 11.2. The molecule has 1 atom stereocenters. The number of aryl methyl sites for hydroxylation is 1. The van der Waals surface area contributed by atoms with Crippen molar-refractivity contribution in [3.8, 4) is 0 Å². The third kappa shape index (κ3) is 1.27. The van der Waals surface area contributed by atoms with Gasteiger partial charge in [-0.15, -0.1) is 0 Å². The van der Waals surface area contributed by atoms with Gasteiger partial charge in [0.15, 0.2) is 0 Å².